The van der Waals surface area contributed by atoms with Crippen molar-refractivity contribution >= 4 is 38.6 Å². The Labute approximate surface area is 184 Å². The van der Waals surface area contributed by atoms with Crippen LogP contribution in [0.1, 0.15) is 18.4 Å². The molecular formula is C23H25N3O4S. The molecule has 2 heterocycles. The minimum Gasteiger partial charge on any atom is -0.478 e. The molecule has 0 radical (unpaired) electrons. The van der Waals surface area contributed by atoms with Gasteiger partial charge in [-0.15, -0.1) is 0 Å². The quantitative estimate of drug-likeness (QED) is 0.503. The van der Waals surface area contributed by atoms with Gasteiger partial charge in [-0.2, -0.15) is 0 Å². The highest BCUT2D eigenvalue weighted by atomic mass is 32.1. The van der Waals surface area contributed by atoms with Crippen LogP contribution in [0.15, 0.2) is 66.7 Å². The largest absolute Gasteiger partial charge is 0.478 e. The van der Waals surface area contributed by atoms with Crippen molar-refractivity contribution in [3.8, 4) is 0 Å². The van der Waals surface area contributed by atoms with E-state index in [9.17, 15) is 9.59 Å². The van der Waals surface area contributed by atoms with Crippen LogP contribution in [-0.4, -0.2) is 46.3 Å². The van der Waals surface area contributed by atoms with Gasteiger partial charge >= 0.3 is 11.9 Å². The normalized spacial score (nSPS) is 14.2. The molecule has 0 saturated carbocycles. The van der Waals surface area contributed by atoms with E-state index in [4.69, 9.17) is 15.2 Å². The summed E-state index contributed by atoms with van der Waals surface area (Å²) in [7, 11) is 0. The highest BCUT2D eigenvalue weighted by Crippen LogP contribution is 2.32. The van der Waals surface area contributed by atoms with Crippen LogP contribution in [0.3, 0.4) is 0 Å². The van der Waals surface area contributed by atoms with Gasteiger partial charge in [0.2, 0.25) is 0 Å². The van der Waals surface area contributed by atoms with E-state index in [1.165, 1.54) is 23.1 Å². The molecule has 31 heavy (non-hydrogen) atoms. The van der Waals surface area contributed by atoms with Gasteiger partial charge in [-0.3, -0.25) is 0 Å². The molecule has 0 amide bonds. The van der Waals surface area contributed by atoms with Gasteiger partial charge in [-0.05, 0) is 43.6 Å². The number of fused-ring (bicyclic) bond motifs is 1. The van der Waals surface area contributed by atoms with Gasteiger partial charge in [0.05, 0.1) is 10.2 Å². The number of hydrogen-bond acceptors (Lipinski definition) is 6. The summed E-state index contributed by atoms with van der Waals surface area (Å²) in [6, 6.07) is 19.7. The number of benzene rings is 2. The molecule has 1 saturated heterocycles. The lowest BCUT2D eigenvalue weighted by Crippen LogP contribution is -2.42. The molecule has 4 rings (SSSR count). The van der Waals surface area contributed by atoms with Gasteiger partial charge in [0.25, 0.3) is 0 Å². The maximum absolute atomic E-state index is 9.55. The molecule has 3 aromatic rings. The van der Waals surface area contributed by atoms with Crippen molar-refractivity contribution in [1.29, 1.82) is 0 Å². The third-order valence-corrected chi connectivity index (χ3v) is 5.92. The zero-order valence-electron chi connectivity index (χ0n) is 17.0. The average molecular weight is 440 g/mol. The highest BCUT2D eigenvalue weighted by Gasteiger charge is 2.24. The van der Waals surface area contributed by atoms with E-state index in [1.807, 2.05) is 11.3 Å². The molecule has 0 spiro atoms. The van der Waals surface area contributed by atoms with Crippen LogP contribution in [-0.2, 0) is 16.1 Å². The van der Waals surface area contributed by atoms with Gasteiger partial charge in [0.15, 0.2) is 5.13 Å². The fourth-order valence-corrected chi connectivity index (χ4v) is 4.41. The third kappa shape index (κ3) is 6.91. The van der Waals surface area contributed by atoms with Crippen molar-refractivity contribution < 1.29 is 19.8 Å². The van der Waals surface area contributed by atoms with Crippen LogP contribution < -0.4 is 10.2 Å². The minimum absolute atomic E-state index is 0.558. The van der Waals surface area contributed by atoms with E-state index in [2.05, 4.69) is 64.8 Å². The first kappa shape index (κ1) is 22.5. The Balaban J connectivity index is 0.000000293. The van der Waals surface area contributed by atoms with Crippen molar-refractivity contribution in [2.75, 3.05) is 18.0 Å². The third-order valence-electron chi connectivity index (χ3n) is 4.84. The molecule has 1 aromatic heterocycles. The van der Waals surface area contributed by atoms with Gasteiger partial charge in [-0.25, -0.2) is 14.6 Å². The second kappa shape index (κ2) is 11.2. The Morgan fingerprint density at radius 1 is 1.00 bits per heavy atom. The summed E-state index contributed by atoms with van der Waals surface area (Å²) < 4.78 is 1.27. The molecule has 1 fully saturated rings. The summed E-state index contributed by atoms with van der Waals surface area (Å²) in [5.41, 5.74) is 2.46. The summed E-state index contributed by atoms with van der Waals surface area (Å²) >= 11 is 1.81. The highest BCUT2D eigenvalue weighted by molar-refractivity contribution is 7.22. The summed E-state index contributed by atoms with van der Waals surface area (Å²) in [6.07, 6.45) is 3.48. The Morgan fingerprint density at radius 2 is 1.61 bits per heavy atom. The number of aliphatic carboxylic acids is 2. The summed E-state index contributed by atoms with van der Waals surface area (Å²) in [4.78, 5) is 26.5. The second-order valence-electron chi connectivity index (χ2n) is 7.07. The maximum atomic E-state index is 9.55. The lowest BCUT2D eigenvalue weighted by atomic mass is 10.0. The fraction of sp³-hybridized carbons (Fsp3) is 0.261. The number of anilines is 1. The molecule has 8 heteroatoms. The van der Waals surface area contributed by atoms with Crippen LogP contribution in [0.25, 0.3) is 10.2 Å². The van der Waals surface area contributed by atoms with Crippen LogP contribution in [0.5, 0.6) is 0 Å². The number of aromatic nitrogens is 1. The lowest BCUT2D eigenvalue weighted by Gasteiger charge is -2.34. The molecule has 0 bridgehead atoms. The maximum Gasteiger partial charge on any atom is 0.328 e. The van der Waals surface area contributed by atoms with Gasteiger partial charge < -0.3 is 20.4 Å². The summed E-state index contributed by atoms with van der Waals surface area (Å²) in [5.74, 6) is -2.51. The summed E-state index contributed by atoms with van der Waals surface area (Å²) in [5, 5.41) is 20.2. The zero-order valence-corrected chi connectivity index (χ0v) is 17.8. The predicted molar refractivity (Wildman–Crippen MR) is 123 cm³/mol. The molecule has 0 unspecified atom stereocenters. The Kier molecular flexibility index (Phi) is 8.14. The lowest BCUT2D eigenvalue weighted by molar-refractivity contribution is -0.134. The molecule has 1 aliphatic heterocycles. The topological polar surface area (TPSA) is 103 Å². The molecule has 1 aliphatic rings. The Hall–Kier alpha value is -3.23. The first-order chi connectivity index (χ1) is 15.0. The number of thiazole rings is 1. The van der Waals surface area contributed by atoms with E-state index >= 15 is 0 Å². The van der Waals surface area contributed by atoms with Crippen molar-refractivity contribution in [3.63, 3.8) is 0 Å². The van der Waals surface area contributed by atoms with Gasteiger partial charge in [-0.1, -0.05) is 53.8 Å². The number of carboxylic acids is 2. The van der Waals surface area contributed by atoms with E-state index < -0.39 is 11.9 Å². The Bertz CT molecular complexity index is 980. The molecule has 3 N–H and O–H groups in total. The number of para-hydroxylation sites is 1. The van der Waals surface area contributed by atoms with E-state index in [-0.39, 0.29) is 0 Å². The summed E-state index contributed by atoms with van der Waals surface area (Å²) in [6.45, 7) is 3.13. The van der Waals surface area contributed by atoms with Gasteiger partial charge in [0, 0.05) is 24.7 Å². The van der Waals surface area contributed by atoms with Crippen molar-refractivity contribution in [2.45, 2.75) is 25.4 Å². The number of rotatable bonds is 6. The Morgan fingerprint density at radius 3 is 2.23 bits per heavy atom. The zero-order chi connectivity index (χ0) is 22.1. The predicted octanol–water partition coefficient (Wildman–Crippen LogP) is 3.77. The standard InChI is InChI=1S/C19H21N3S.C4H4O4/c1-2-6-15(7-3-1)14-22(16-10-12-20-13-11-16)19-21-17-8-4-5-9-18(17)23-19;5-3(6)1-2-4(7)8/h1-9,16,20H,10-14H2;1-2H,(H,5,6)(H,7,8). The SMILES string of the molecule is O=C(O)C=CC(=O)O.c1ccc(CN(c2nc3ccccc3s2)C2CCNCC2)cc1. The minimum atomic E-state index is -1.26. The van der Waals surface area contributed by atoms with E-state index in [1.54, 1.807) is 0 Å². The number of nitrogens with one attached hydrogen (secondary N) is 1. The van der Waals surface area contributed by atoms with Crippen LogP contribution >= 0.6 is 11.3 Å². The van der Waals surface area contributed by atoms with Crippen LogP contribution in [0, 0.1) is 0 Å². The van der Waals surface area contributed by atoms with Crippen molar-refractivity contribution in [3.05, 3.63) is 72.3 Å². The van der Waals surface area contributed by atoms with Gasteiger partial charge in [0.1, 0.15) is 0 Å². The monoisotopic (exact) mass is 439 g/mol. The number of hydrogen-bond donors (Lipinski definition) is 3. The molecule has 2 aromatic carbocycles. The molecule has 7 nitrogen and oxygen atoms in total. The van der Waals surface area contributed by atoms with E-state index in [0.29, 0.717) is 18.2 Å². The number of nitrogens with zero attached hydrogens (tertiary/aromatic N) is 2. The average Bonchev–Trinajstić information content (AvgIpc) is 3.22. The van der Waals surface area contributed by atoms with Crippen LogP contribution in [0.2, 0.25) is 0 Å². The van der Waals surface area contributed by atoms with Crippen molar-refractivity contribution in [1.82, 2.24) is 10.3 Å². The molecule has 0 atom stereocenters. The first-order valence-corrected chi connectivity index (χ1v) is 10.9. The number of carbonyl (C=O) groups is 2. The number of carboxylic acid groups (broad SMARTS) is 2. The van der Waals surface area contributed by atoms with Crippen LogP contribution in [0.4, 0.5) is 5.13 Å². The second-order valence-corrected chi connectivity index (χ2v) is 8.08. The first-order valence-electron chi connectivity index (χ1n) is 10.0. The van der Waals surface area contributed by atoms with Crippen molar-refractivity contribution in [2.24, 2.45) is 0 Å². The number of piperidine rings is 1. The fourth-order valence-electron chi connectivity index (χ4n) is 3.38. The smallest absolute Gasteiger partial charge is 0.328 e. The molecular weight excluding hydrogens is 414 g/mol. The van der Waals surface area contributed by atoms with E-state index in [0.717, 1.165) is 30.3 Å². The molecule has 162 valence electrons. The molecule has 0 aliphatic carbocycles.